The van der Waals surface area contributed by atoms with Crippen molar-refractivity contribution >= 4 is 9.84 Å². The van der Waals surface area contributed by atoms with Gasteiger partial charge in [0.25, 0.3) is 0 Å². The van der Waals surface area contributed by atoms with Crippen LogP contribution < -0.4 is 5.32 Å². The van der Waals surface area contributed by atoms with Gasteiger partial charge in [0.1, 0.15) is 9.84 Å². The van der Waals surface area contributed by atoms with E-state index in [1.807, 2.05) is 6.92 Å². The van der Waals surface area contributed by atoms with E-state index in [1.165, 1.54) is 19.1 Å². The zero-order chi connectivity index (χ0) is 12.2. The van der Waals surface area contributed by atoms with Crippen molar-refractivity contribution in [2.24, 2.45) is 5.92 Å². The van der Waals surface area contributed by atoms with Gasteiger partial charge in [-0.25, -0.2) is 8.42 Å². The number of hydrogen-bond acceptors (Lipinski definition) is 4. The van der Waals surface area contributed by atoms with Crippen molar-refractivity contribution in [2.45, 2.75) is 38.3 Å². The van der Waals surface area contributed by atoms with E-state index in [0.717, 1.165) is 5.92 Å². The highest BCUT2D eigenvalue weighted by Gasteiger charge is 2.31. The van der Waals surface area contributed by atoms with E-state index in [-0.39, 0.29) is 11.8 Å². The zero-order valence-electron chi connectivity index (χ0n) is 10.4. The summed E-state index contributed by atoms with van der Waals surface area (Å²) >= 11 is 0. The number of hydrogen-bond donors (Lipinski definition) is 1. The van der Waals surface area contributed by atoms with E-state index in [2.05, 4.69) is 5.32 Å². The lowest BCUT2D eigenvalue weighted by molar-refractivity contribution is 0.152. The molecule has 0 aromatic heterocycles. The van der Waals surface area contributed by atoms with Crippen LogP contribution in [0.15, 0.2) is 0 Å². The largest absolute Gasteiger partial charge is 0.383 e. The van der Waals surface area contributed by atoms with Crippen LogP contribution >= 0.6 is 0 Å². The van der Waals surface area contributed by atoms with Gasteiger partial charge in [-0.2, -0.15) is 0 Å². The first-order chi connectivity index (χ1) is 7.42. The molecular weight excluding hydrogens is 226 g/mol. The third kappa shape index (κ3) is 5.82. The molecule has 0 radical (unpaired) electrons. The Morgan fingerprint density at radius 2 is 2.06 bits per heavy atom. The van der Waals surface area contributed by atoms with E-state index in [1.54, 1.807) is 7.11 Å². The van der Waals surface area contributed by atoms with Crippen molar-refractivity contribution in [2.75, 3.05) is 25.7 Å². The molecule has 2 unspecified atom stereocenters. The second kappa shape index (κ2) is 5.98. The molecule has 0 aromatic rings. The van der Waals surface area contributed by atoms with Crippen LogP contribution in [0.25, 0.3) is 0 Å². The molecule has 1 aliphatic carbocycles. The third-order valence-electron chi connectivity index (χ3n) is 2.96. The van der Waals surface area contributed by atoms with Crippen molar-refractivity contribution in [1.82, 2.24) is 5.32 Å². The van der Waals surface area contributed by atoms with Crippen LogP contribution in [0.2, 0.25) is 0 Å². The molecule has 0 spiro atoms. The van der Waals surface area contributed by atoms with Crippen molar-refractivity contribution in [3.8, 4) is 0 Å². The van der Waals surface area contributed by atoms with Gasteiger partial charge in [-0.15, -0.1) is 0 Å². The van der Waals surface area contributed by atoms with Gasteiger partial charge in [0, 0.05) is 25.4 Å². The normalized spacial score (nSPS) is 20.7. The highest BCUT2D eigenvalue weighted by Crippen LogP contribution is 2.33. The van der Waals surface area contributed by atoms with Crippen molar-refractivity contribution < 1.29 is 13.2 Å². The van der Waals surface area contributed by atoms with Crippen LogP contribution in [0.4, 0.5) is 0 Å². The molecule has 0 aliphatic heterocycles. The molecule has 4 nitrogen and oxygen atoms in total. The highest BCUT2D eigenvalue weighted by molar-refractivity contribution is 7.90. The van der Waals surface area contributed by atoms with Gasteiger partial charge in [-0.05, 0) is 32.1 Å². The third-order valence-corrected chi connectivity index (χ3v) is 3.93. The van der Waals surface area contributed by atoms with Gasteiger partial charge in [-0.1, -0.05) is 0 Å². The summed E-state index contributed by atoms with van der Waals surface area (Å²) in [6, 6.07) is 0.620. The summed E-state index contributed by atoms with van der Waals surface area (Å²) < 4.78 is 27.3. The Morgan fingerprint density at radius 1 is 1.44 bits per heavy atom. The summed E-state index contributed by atoms with van der Waals surface area (Å²) in [5.74, 6) is 0.978. The maximum Gasteiger partial charge on any atom is 0.147 e. The number of rotatable bonds is 8. The van der Waals surface area contributed by atoms with Crippen molar-refractivity contribution in [1.29, 1.82) is 0 Å². The van der Waals surface area contributed by atoms with Gasteiger partial charge in [0.15, 0.2) is 0 Å². The van der Waals surface area contributed by atoms with E-state index in [9.17, 15) is 8.42 Å². The molecule has 0 heterocycles. The molecular formula is C11H23NO3S. The van der Waals surface area contributed by atoms with Gasteiger partial charge in [0.05, 0.1) is 12.4 Å². The zero-order valence-corrected chi connectivity index (χ0v) is 11.2. The molecule has 5 heteroatoms. The SMILES string of the molecule is COCC(NC(C)CCS(C)(=O)=O)C1CC1. The van der Waals surface area contributed by atoms with E-state index < -0.39 is 9.84 Å². The predicted octanol–water partition coefficient (Wildman–Crippen LogP) is 0.824. The minimum Gasteiger partial charge on any atom is -0.383 e. The van der Waals surface area contributed by atoms with E-state index >= 15 is 0 Å². The lowest BCUT2D eigenvalue weighted by Crippen LogP contribution is -2.41. The molecule has 0 aromatic carbocycles. The first-order valence-electron chi connectivity index (χ1n) is 5.85. The molecule has 0 bridgehead atoms. The van der Waals surface area contributed by atoms with Crippen LogP contribution in [0, 0.1) is 5.92 Å². The number of nitrogens with one attached hydrogen (secondary N) is 1. The summed E-state index contributed by atoms with van der Waals surface area (Å²) in [6.45, 7) is 2.75. The second-order valence-corrected chi connectivity index (χ2v) is 7.15. The van der Waals surface area contributed by atoms with Gasteiger partial charge in [0.2, 0.25) is 0 Å². The molecule has 1 N–H and O–H groups in total. The molecule has 16 heavy (non-hydrogen) atoms. The van der Waals surface area contributed by atoms with Crippen LogP contribution in [-0.2, 0) is 14.6 Å². The summed E-state index contributed by atoms with van der Waals surface area (Å²) in [6.07, 6.45) is 4.48. The van der Waals surface area contributed by atoms with Crippen LogP contribution in [0.1, 0.15) is 26.2 Å². The Morgan fingerprint density at radius 3 is 2.50 bits per heavy atom. The van der Waals surface area contributed by atoms with Gasteiger partial charge >= 0.3 is 0 Å². The van der Waals surface area contributed by atoms with Crippen molar-refractivity contribution in [3.63, 3.8) is 0 Å². The van der Waals surface area contributed by atoms with Crippen LogP contribution in [0.3, 0.4) is 0 Å². The first-order valence-corrected chi connectivity index (χ1v) is 7.91. The summed E-state index contributed by atoms with van der Waals surface area (Å²) in [5, 5.41) is 3.46. The smallest absolute Gasteiger partial charge is 0.147 e. The molecule has 1 rings (SSSR count). The molecule has 0 saturated heterocycles. The van der Waals surface area contributed by atoms with E-state index in [4.69, 9.17) is 4.74 Å². The second-order valence-electron chi connectivity index (χ2n) is 4.89. The Labute approximate surface area is 98.7 Å². The molecule has 2 atom stereocenters. The lowest BCUT2D eigenvalue weighted by Gasteiger charge is -2.22. The molecule has 0 amide bonds. The standard InChI is InChI=1S/C11H23NO3S/c1-9(6-7-16(3,13)14)12-11(8-15-2)10-4-5-10/h9-12H,4-8H2,1-3H3. The molecule has 96 valence electrons. The van der Waals surface area contributed by atoms with Crippen LogP contribution in [-0.4, -0.2) is 46.2 Å². The first kappa shape index (κ1) is 13.9. The Balaban J connectivity index is 2.27. The predicted molar refractivity (Wildman–Crippen MR) is 65.3 cm³/mol. The molecule has 1 aliphatic rings. The summed E-state index contributed by atoms with van der Waals surface area (Å²) in [4.78, 5) is 0. The minimum absolute atomic E-state index is 0.232. The average Bonchev–Trinajstić information content (AvgIpc) is 2.96. The van der Waals surface area contributed by atoms with E-state index in [0.29, 0.717) is 19.1 Å². The summed E-state index contributed by atoms with van der Waals surface area (Å²) in [5.41, 5.74) is 0. The van der Waals surface area contributed by atoms with Gasteiger partial charge < -0.3 is 10.1 Å². The fraction of sp³-hybridized carbons (Fsp3) is 1.00. The highest BCUT2D eigenvalue weighted by atomic mass is 32.2. The molecule has 1 fully saturated rings. The number of ether oxygens (including phenoxy) is 1. The van der Waals surface area contributed by atoms with Gasteiger partial charge in [-0.3, -0.25) is 0 Å². The quantitative estimate of drug-likeness (QED) is 0.692. The lowest BCUT2D eigenvalue weighted by atomic mass is 10.1. The Bertz CT molecular complexity index is 298. The maximum atomic E-state index is 11.0. The Hall–Kier alpha value is -0.130. The van der Waals surface area contributed by atoms with Crippen LogP contribution in [0.5, 0.6) is 0 Å². The Kier molecular flexibility index (Phi) is 5.21. The monoisotopic (exact) mass is 249 g/mol. The summed E-state index contributed by atoms with van der Waals surface area (Å²) in [7, 11) is -1.14. The van der Waals surface area contributed by atoms with Crippen molar-refractivity contribution in [3.05, 3.63) is 0 Å². The fourth-order valence-corrected chi connectivity index (χ4v) is 2.62. The number of sulfone groups is 1. The number of methoxy groups -OCH3 is 1. The molecule has 1 saturated carbocycles. The average molecular weight is 249 g/mol. The topological polar surface area (TPSA) is 55.4 Å². The minimum atomic E-state index is -2.84. The fourth-order valence-electron chi connectivity index (χ4n) is 1.84. The maximum absolute atomic E-state index is 11.0.